The van der Waals surface area contributed by atoms with Crippen LogP contribution in [0.3, 0.4) is 0 Å². The lowest BCUT2D eigenvalue weighted by atomic mass is 9.95. The SMILES string of the molecule is CC(C)(C)CN(CC(F)(F)F)[C@@H](C(N)=O)C(=O)Nc1ccc(N2CCOCC2=O)c(C(F)F)c1. The molecule has 0 radical (unpaired) electrons. The monoisotopic (exact) mass is 494 g/mol. The van der Waals surface area contributed by atoms with Gasteiger partial charge >= 0.3 is 6.18 Å². The average Bonchev–Trinajstić information content (AvgIpc) is 2.65. The van der Waals surface area contributed by atoms with E-state index in [0.717, 1.165) is 11.0 Å². The molecule has 190 valence electrons. The molecule has 1 aromatic rings. The van der Waals surface area contributed by atoms with Gasteiger partial charge in [0, 0.05) is 24.3 Å². The van der Waals surface area contributed by atoms with Gasteiger partial charge in [-0.3, -0.25) is 19.3 Å². The summed E-state index contributed by atoms with van der Waals surface area (Å²) in [4.78, 5) is 38.6. The maximum atomic E-state index is 13.7. The van der Waals surface area contributed by atoms with Crippen LogP contribution in [0, 0.1) is 5.41 Å². The maximum absolute atomic E-state index is 13.7. The van der Waals surface area contributed by atoms with Gasteiger partial charge in [-0.25, -0.2) is 8.78 Å². The van der Waals surface area contributed by atoms with Gasteiger partial charge in [-0.1, -0.05) is 20.8 Å². The van der Waals surface area contributed by atoms with Crippen LogP contribution < -0.4 is 16.0 Å². The van der Waals surface area contributed by atoms with Crippen molar-refractivity contribution < 1.29 is 41.1 Å². The first kappa shape index (κ1) is 27.4. The molecule has 13 heteroatoms. The molecule has 0 aliphatic carbocycles. The Morgan fingerprint density at radius 2 is 1.85 bits per heavy atom. The Bertz CT molecular complexity index is 901. The fraction of sp³-hybridized carbons (Fsp3) is 0.571. The molecule has 0 saturated carbocycles. The van der Waals surface area contributed by atoms with Gasteiger partial charge in [0.1, 0.15) is 6.61 Å². The number of rotatable bonds is 8. The summed E-state index contributed by atoms with van der Waals surface area (Å²) in [5.74, 6) is -3.05. The van der Waals surface area contributed by atoms with Gasteiger partial charge in [-0.2, -0.15) is 13.2 Å². The minimum Gasteiger partial charge on any atom is -0.370 e. The third-order valence-corrected chi connectivity index (χ3v) is 4.75. The Kier molecular flexibility index (Phi) is 8.59. The Hall–Kier alpha value is -2.80. The van der Waals surface area contributed by atoms with E-state index in [1.807, 2.05) is 0 Å². The molecule has 3 N–H and O–H groups in total. The number of amides is 3. The first-order chi connectivity index (χ1) is 15.6. The molecule has 1 aliphatic heterocycles. The fourth-order valence-electron chi connectivity index (χ4n) is 3.59. The van der Waals surface area contributed by atoms with Crippen LogP contribution in [0.4, 0.5) is 33.3 Å². The molecule has 0 unspecified atom stereocenters. The molecular formula is C21H27F5N4O4. The number of anilines is 2. The van der Waals surface area contributed by atoms with Gasteiger partial charge in [0.2, 0.25) is 5.91 Å². The molecule has 1 aliphatic rings. The van der Waals surface area contributed by atoms with Crippen LogP contribution in [-0.2, 0) is 19.1 Å². The number of morpholine rings is 1. The third kappa shape index (κ3) is 7.62. The van der Waals surface area contributed by atoms with Gasteiger partial charge in [0.25, 0.3) is 18.2 Å². The summed E-state index contributed by atoms with van der Waals surface area (Å²) in [6.07, 6.45) is -7.76. The highest BCUT2D eigenvalue weighted by Gasteiger charge is 2.41. The lowest BCUT2D eigenvalue weighted by molar-refractivity contribution is -0.159. The molecule has 1 fully saturated rings. The third-order valence-electron chi connectivity index (χ3n) is 4.75. The first-order valence-electron chi connectivity index (χ1n) is 10.3. The standard InChI is InChI=1S/C21H27F5N4O4/c1-20(2,3)10-29(11-21(24,25)26)16(18(27)32)19(33)28-12-4-5-14(13(8-12)17(22)23)30-6-7-34-9-15(30)31/h4-5,8,16-17H,6-7,9-11H2,1-3H3,(H2,27,32)(H,28,33)/t16-/m0/s1. The van der Waals surface area contributed by atoms with Gasteiger partial charge in [0.15, 0.2) is 6.04 Å². The predicted molar refractivity (Wildman–Crippen MR) is 113 cm³/mol. The largest absolute Gasteiger partial charge is 0.401 e. The minimum absolute atomic E-state index is 0.0488. The van der Waals surface area contributed by atoms with Crippen molar-refractivity contribution in [3.05, 3.63) is 23.8 Å². The van der Waals surface area contributed by atoms with Crippen molar-refractivity contribution in [2.24, 2.45) is 11.1 Å². The van der Waals surface area contributed by atoms with Crippen LogP contribution in [-0.4, -0.2) is 67.7 Å². The van der Waals surface area contributed by atoms with Crippen LogP contribution in [0.15, 0.2) is 18.2 Å². The molecular weight excluding hydrogens is 467 g/mol. The van der Waals surface area contributed by atoms with E-state index in [0.29, 0.717) is 4.90 Å². The summed E-state index contributed by atoms with van der Waals surface area (Å²) >= 11 is 0. The molecule has 0 aromatic heterocycles. The highest BCUT2D eigenvalue weighted by Crippen LogP contribution is 2.33. The zero-order valence-electron chi connectivity index (χ0n) is 18.9. The van der Waals surface area contributed by atoms with Crippen LogP contribution in [0.1, 0.15) is 32.8 Å². The second kappa shape index (κ2) is 10.6. The van der Waals surface area contributed by atoms with Crippen molar-refractivity contribution >= 4 is 29.1 Å². The summed E-state index contributed by atoms with van der Waals surface area (Å²) < 4.78 is 71.9. The van der Waals surface area contributed by atoms with E-state index >= 15 is 0 Å². The maximum Gasteiger partial charge on any atom is 0.401 e. The summed E-state index contributed by atoms with van der Waals surface area (Å²) in [5.41, 5.74) is 3.67. The summed E-state index contributed by atoms with van der Waals surface area (Å²) in [7, 11) is 0. The van der Waals surface area contributed by atoms with Crippen molar-refractivity contribution in [2.45, 2.75) is 39.4 Å². The molecule has 0 spiro atoms. The number of carbonyl (C=O) groups is 3. The number of hydrogen-bond acceptors (Lipinski definition) is 5. The highest BCUT2D eigenvalue weighted by molar-refractivity contribution is 6.09. The van der Waals surface area contributed by atoms with E-state index in [4.69, 9.17) is 10.5 Å². The number of hydrogen-bond donors (Lipinski definition) is 2. The number of nitrogens with one attached hydrogen (secondary N) is 1. The first-order valence-corrected chi connectivity index (χ1v) is 10.3. The van der Waals surface area contributed by atoms with Gasteiger partial charge < -0.3 is 20.7 Å². The van der Waals surface area contributed by atoms with E-state index in [1.165, 1.54) is 12.1 Å². The van der Waals surface area contributed by atoms with E-state index in [1.54, 1.807) is 20.8 Å². The number of carbonyl (C=O) groups excluding carboxylic acids is 3. The Balaban J connectivity index is 2.35. The van der Waals surface area contributed by atoms with Crippen molar-refractivity contribution in [2.75, 3.05) is 43.1 Å². The summed E-state index contributed by atoms with van der Waals surface area (Å²) in [6.45, 7) is 2.90. The van der Waals surface area contributed by atoms with Crippen molar-refractivity contribution in [3.8, 4) is 0 Å². The van der Waals surface area contributed by atoms with Crippen molar-refractivity contribution in [1.29, 1.82) is 0 Å². The van der Waals surface area contributed by atoms with Crippen LogP contribution in [0.25, 0.3) is 0 Å². The molecule has 0 bridgehead atoms. The minimum atomic E-state index is -4.73. The highest BCUT2D eigenvalue weighted by atomic mass is 19.4. The second-order valence-corrected chi connectivity index (χ2v) is 9.05. The topological polar surface area (TPSA) is 105 Å². The van der Waals surface area contributed by atoms with E-state index in [2.05, 4.69) is 5.32 Å². The van der Waals surface area contributed by atoms with E-state index in [-0.39, 0.29) is 37.7 Å². The van der Waals surface area contributed by atoms with Gasteiger partial charge in [-0.05, 0) is 23.6 Å². The van der Waals surface area contributed by atoms with E-state index < -0.39 is 53.9 Å². The molecule has 1 heterocycles. The zero-order chi connectivity index (χ0) is 25.8. The normalized spacial score (nSPS) is 16.2. The number of alkyl halides is 5. The molecule has 2 rings (SSSR count). The lowest BCUT2D eigenvalue weighted by Crippen LogP contribution is -2.56. The quantitative estimate of drug-likeness (QED) is 0.427. The number of benzene rings is 1. The smallest absolute Gasteiger partial charge is 0.370 e. The molecule has 34 heavy (non-hydrogen) atoms. The lowest BCUT2D eigenvalue weighted by Gasteiger charge is -2.34. The van der Waals surface area contributed by atoms with Crippen molar-refractivity contribution in [3.63, 3.8) is 0 Å². The zero-order valence-corrected chi connectivity index (χ0v) is 18.9. The molecule has 1 atom stereocenters. The number of nitrogens with zero attached hydrogens (tertiary/aromatic N) is 2. The van der Waals surface area contributed by atoms with Gasteiger partial charge in [0.05, 0.1) is 18.8 Å². The average molecular weight is 494 g/mol. The fourth-order valence-corrected chi connectivity index (χ4v) is 3.59. The Labute approximate surface area is 193 Å². The number of halogens is 5. The van der Waals surface area contributed by atoms with Crippen LogP contribution in [0.5, 0.6) is 0 Å². The second-order valence-electron chi connectivity index (χ2n) is 9.05. The van der Waals surface area contributed by atoms with Crippen LogP contribution in [0.2, 0.25) is 0 Å². The summed E-state index contributed by atoms with van der Waals surface area (Å²) in [6, 6.07) is 1.28. The number of ether oxygens (including phenoxy) is 1. The molecule has 1 aromatic carbocycles. The van der Waals surface area contributed by atoms with Crippen molar-refractivity contribution in [1.82, 2.24) is 4.90 Å². The number of primary amides is 1. The Morgan fingerprint density at radius 1 is 1.21 bits per heavy atom. The number of nitrogens with two attached hydrogens (primary N) is 1. The summed E-state index contributed by atoms with van der Waals surface area (Å²) in [5, 5.41) is 2.20. The Morgan fingerprint density at radius 3 is 2.35 bits per heavy atom. The molecule has 8 nitrogen and oxygen atoms in total. The predicted octanol–water partition coefficient (Wildman–Crippen LogP) is 2.69. The van der Waals surface area contributed by atoms with Gasteiger partial charge in [-0.15, -0.1) is 0 Å². The van der Waals surface area contributed by atoms with Crippen LogP contribution >= 0.6 is 0 Å². The molecule has 3 amide bonds. The molecule has 1 saturated heterocycles. The van der Waals surface area contributed by atoms with E-state index in [9.17, 15) is 36.3 Å².